The van der Waals surface area contributed by atoms with E-state index in [9.17, 15) is 14.7 Å². The number of carboxylic acid groups (broad SMARTS) is 1. The molecule has 1 aromatic heterocycles. The maximum absolute atomic E-state index is 12.5. The molecule has 3 aromatic rings. The molecule has 1 heterocycles. The molecule has 0 unspecified atom stereocenters. The molecule has 1 fully saturated rings. The van der Waals surface area contributed by atoms with Crippen molar-refractivity contribution in [2.45, 2.75) is 57.6 Å². The highest BCUT2D eigenvalue weighted by molar-refractivity contribution is 5.99. The quantitative estimate of drug-likeness (QED) is 0.295. The van der Waals surface area contributed by atoms with Crippen molar-refractivity contribution in [1.82, 2.24) is 10.3 Å². The van der Waals surface area contributed by atoms with Gasteiger partial charge in [0.15, 0.2) is 0 Å². The summed E-state index contributed by atoms with van der Waals surface area (Å²) >= 11 is 0. The van der Waals surface area contributed by atoms with Crippen LogP contribution in [-0.4, -0.2) is 34.1 Å². The number of amides is 1. The van der Waals surface area contributed by atoms with Crippen LogP contribution in [0.2, 0.25) is 0 Å². The second kappa shape index (κ2) is 12.5. The van der Waals surface area contributed by atoms with Crippen LogP contribution in [0.5, 0.6) is 0 Å². The zero-order valence-electron chi connectivity index (χ0n) is 21.3. The number of carbonyl (C=O) groups is 2. The number of carbonyl (C=O) groups excluding carboxylic acids is 1. The molecule has 6 heteroatoms. The number of aryl methyl sites for hydroxylation is 2. The third kappa shape index (κ3) is 7.61. The lowest BCUT2D eigenvalue weighted by Gasteiger charge is -2.12. The molecule has 0 saturated heterocycles. The number of hydrogen-bond acceptors (Lipinski definition) is 4. The number of carboxylic acids is 1. The Labute approximate surface area is 218 Å². The van der Waals surface area contributed by atoms with Crippen LogP contribution in [0.15, 0.2) is 66.7 Å². The maximum atomic E-state index is 12.5. The monoisotopic (exact) mass is 498 g/mol. The van der Waals surface area contributed by atoms with Gasteiger partial charge in [0.2, 0.25) is 0 Å². The summed E-state index contributed by atoms with van der Waals surface area (Å²) in [5.41, 5.74) is 4.58. The van der Waals surface area contributed by atoms with Crippen molar-refractivity contribution in [3.05, 3.63) is 100 Å². The fourth-order valence-electron chi connectivity index (χ4n) is 4.09. The van der Waals surface area contributed by atoms with Crippen LogP contribution in [0.3, 0.4) is 0 Å². The molecule has 192 valence electrons. The second-order valence-corrected chi connectivity index (χ2v) is 9.53. The molecule has 6 nitrogen and oxygen atoms in total. The fourth-order valence-corrected chi connectivity index (χ4v) is 4.09. The average molecular weight is 499 g/mol. The maximum Gasteiger partial charge on any atom is 0.329 e. The Morgan fingerprint density at radius 1 is 1.00 bits per heavy atom. The third-order valence-electron chi connectivity index (χ3n) is 6.62. The van der Waals surface area contributed by atoms with Crippen LogP contribution in [0.25, 0.3) is 12.2 Å². The minimum Gasteiger partial charge on any atom is -0.480 e. The molecule has 4 rings (SSSR count). The van der Waals surface area contributed by atoms with Gasteiger partial charge in [-0.15, -0.1) is 0 Å². The number of nitrogens with one attached hydrogen (secondary N) is 1. The lowest BCUT2D eigenvalue weighted by atomic mass is 10.1. The predicted octanol–water partition coefficient (Wildman–Crippen LogP) is 5.70. The summed E-state index contributed by atoms with van der Waals surface area (Å²) in [5.74, 6) is -1.36. The summed E-state index contributed by atoms with van der Waals surface area (Å²) < 4.78 is 5.84. The van der Waals surface area contributed by atoms with Gasteiger partial charge in [-0.05, 0) is 85.6 Å². The van der Waals surface area contributed by atoms with Gasteiger partial charge in [-0.1, -0.05) is 55.5 Å². The van der Waals surface area contributed by atoms with Gasteiger partial charge in [0.1, 0.15) is 5.54 Å². The molecule has 1 aliphatic rings. The van der Waals surface area contributed by atoms with Gasteiger partial charge in [-0.3, -0.25) is 9.78 Å². The highest BCUT2D eigenvalue weighted by Crippen LogP contribution is 2.35. The zero-order valence-corrected chi connectivity index (χ0v) is 21.3. The first kappa shape index (κ1) is 26.3. The molecule has 1 saturated carbocycles. The fraction of sp³-hybridized carbons (Fsp3) is 0.323. The Balaban J connectivity index is 1.23. The molecule has 37 heavy (non-hydrogen) atoms. The van der Waals surface area contributed by atoms with Gasteiger partial charge in [0.05, 0.1) is 18.0 Å². The van der Waals surface area contributed by atoms with Crippen LogP contribution in [0, 0.1) is 0 Å². The Hall–Kier alpha value is -3.77. The normalized spacial score (nSPS) is 14.0. The number of unbranched alkanes of at least 4 members (excludes halogenated alkanes) is 1. The molecule has 0 bridgehead atoms. The predicted molar refractivity (Wildman–Crippen MR) is 145 cm³/mol. The lowest BCUT2D eigenvalue weighted by Crippen LogP contribution is -2.43. The van der Waals surface area contributed by atoms with Crippen molar-refractivity contribution >= 4 is 24.0 Å². The van der Waals surface area contributed by atoms with Crippen molar-refractivity contribution in [1.29, 1.82) is 0 Å². The van der Waals surface area contributed by atoms with E-state index in [1.165, 1.54) is 11.1 Å². The van der Waals surface area contributed by atoms with E-state index in [0.29, 0.717) is 31.6 Å². The van der Waals surface area contributed by atoms with Crippen LogP contribution >= 0.6 is 0 Å². The van der Waals surface area contributed by atoms with Gasteiger partial charge < -0.3 is 15.2 Å². The zero-order chi connectivity index (χ0) is 26.1. The van der Waals surface area contributed by atoms with E-state index in [1.54, 1.807) is 18.2 Å². The summed E-state index contributed by atoms with van der Waals surface area (Å²) in [4.78, 5) is 28.5. The topological polar surface area (TPSA) is 88.5 Å². The summed E-state index contributed by atoms with van der Waals surface area (Å²) in [6.07, 6.45) is 8.95. The average Bonchev–Trinajstić information content (AvgIpc) is 3.71. The molecule has 0 spiro atoms. The van der Waals surface area contributed by atoms with Crippen molar-refractivity contribution in [3.8, 4) is 0 Å². The molecular formula is C31H34N2O4. The van der Waals surface area contributed by atoms with Crippen LogP contribution in [-0.2, 0) is 29.0 Å². The Kier molecular flexibility index (Phi) is 8.86. The van der Waals surface area contributed by atoms with Gasteiger partial charge in [-0.25, -0.2) is 4.79 Å². The number of aliphatic carboxylic acids is 1. The van der Waals surface area contributed by atoms with Crippen molar-refractivity contribution in [3.63, 3.8) is 0 Å². The van der Waals surface area contributed by atoms with E-state index in [2.05, 4.69) is 41.5 Å². The summed E-state index contributed by atoms with van der Waals surface area (Å²) in [6.45, 7) is 3.34. The van der Waals surface area contributed by atoms with Gasteiger partial charge in [-0.2, -0.15) is 0 Å². The van der Waals surface area contributed by atoms with E-state index in [0.717, 1.165) is 42.6 Å². The second-order valence-electron chi connectivity index (χ2n) is 9.53. The van der Waals surface area contributed by atoms with Gasteiger partial charge >= 0.3 is 5.97 Å². The molecule has 2 N–H and O–H groups in total. The molecule has 0 atom stereocenters. The number of hydrogen-bond donors (Lipinski definition) is 2. The number of pyridine rings is 1. The minimum absolute atomic E-state index is 0.373. The van der Waals surface area contributed by atoms with Crippen LogP contribution < -0.4 is 5.32 Å². The lowest BCUT2D eigenvalue weighted by molar-refractivity contribution is -0.140. The highest BCUT2D eigenvalue weighted by atomic mass is 16.5. The summed E-state index contributed by atoms with van der Waals surface area (Å²) in [5, 5.41) is 11.9. The number of ether oxygens (including phenoxy) is 1. The number of benzene rings is 2. The van der Waals surface area contributed by atoms with Crippen molar-refractivity contribution in [2.75, 3.05) is 6.61 Å². The Bertz CT molecular complexity index is 1250. The Morgan fingerprint density at radius 2 is 1.76 bits per heavy atom. The van der Waals surface area contributed by atoms with E-state index in [-0.39, 0.29) is 5.91 Å². The third-order valence-corrected chi connectivity index (χ3v) is 6.62. The van der Waals surface area contributed by atoms with Gasteiger partial charge in [0, 0.05) is 12.2 Å². The van der Waals surface area contributed by atoms with E-state index >= 15 is 0 Å². The van der Waals surface area contributed by atoms with E-state index in [4.69, 9.17) is 4.74 Å². The minimum atomic E-state index is -1.10. The van der Waals surface area contributed by atoms with Crippen LogP contribution in [0.4, 0.5) is 0 Å². The largest absolute Gasteiger partial charge is 0.480 e. The summed E-state index contributed by atoms with van der Waals surface area (Å²) in [6, 6.07) is 21.8. The van der Waals surface area contributed by atoms with Crippen molar-refractivity contribution in [2.24, 2.45) is 0 Å². The number of aromatic nitrogens is 1. The molecule has 1 aliphatic carbocycles. The van der Waals surface area contributed by atoms with Gasteiger partial charge in [0.25, 0.3) is 5.91 Å². The first-order chi connectivity index (χ1) is 18.0. The molecule has 0 aliphatic heterocycles. The smallest absolute Gasteiger partial charge is 0.329 e. The first-order valence-corrected chi connectivity index (χ1v) is 12.9. The highest BCUT2D eigenvalue weighted by Gasteiger charge is 2.51. The number of nitrogens with zero attached hydrogens (tertiary/aromatic N) is 1. The van der Waals surface area contributed by atoms with E-state index in [1.807, 2.05) is 36.4 Å². The van der Waals surface area contributed by atoms with E-state index < -0.39 is 11.5 Å². The molecule has 1 amide bonds. The molecule has 2 aromatic carbocycles. The standard InChI is InChI=1S/C31H34N2O4/c1-2-23-12-14-24(15-13-23)7-3-4-20-37-22-28-11-6-10-27(32-28)17-16-25-8-5-9-26(21-25)29(34)33-31(18-19-31)30(35)36/h5-6,8-17,21H,2-4,7,18-20,22H2,1H3,(H,33,34)(H,35,36)/b17-16+. The first-order valence-electron chi connectivity index (χ1n) is 12.9. The molecule has 0 radical (unpaired) electrons. The Morgan fingerprint density at radius 3 is 2.49 bits per heavy atom. The SMILES string of the molecule is CCc1ccc(CCCCOCc2cccc(/C=C/c3cccc(C(=O)NC4(C(=O)O)CC4)c3)n2)cc1. The van der Waals surface area contributed by atoms with Crippen LogP contribution in [0.1, 0.15) is 71.0 Å². The number of rotatable bonds is 13. The summed E-state index contributed by atoms with van der Waals surface area (Å²) in [7, 11) is 0. The van der Waals surface area contributed by atoms with Crippen molar-refractivity contribution < 1.29 is 19.4 Å². The molecular weight excluding hydrogens is 464 g/mol.